The van der Waals surface area contributed by atoms with E-state index in [9.17, 15) is 13.2 Å². The molecular formula is C24H23ClN2O3S. The van der Waals surface area contributed by atoms with Gasteiger partial charge in [0.1, 0.15) is 0 Å². The number of nitrogens with zero attached hydrogens (tertiary/aromatic N) is 1. The lowest BCUT2D eigenvalue weighted by atomic mass is 10.0. The molecule has 1 fully saturated rings. The summed E-state index contributed by atoms with van der Waals surface area (Å²) in [4.78, 5) is 12.7. The molecule has 0 radical (unpaired) electrons. The minimum atomic E-state index is -3.41. The van der Waals surface area contributed by atoms with Crippen molar-refractivity contribution in [3.05, 3.63) is 88.9 Å². The summed E-state index contributed by atoms with van der Waals surface area (Å²) in [5, 5.41) is 3.55. The van der Waals surface area contributed by atoms with E-state index in [0.717, 1.165) is 29.5 Å². The molecular weight excluding hydrogens is 432 g/mol. The van der Waals surface area contributed by atoms with E-state index in [1.54, 1.807) is 52.8 Å². The summed E-state index contributed by atoms with van der Waals surface area (Å²) in [5.74, 6) is -0.159. The van der Waals surface area contributed by atoms with Gasteiger partial charge >= 0.3 is 0 Å². The van der Waals surface area contributed by atoms with Gasteiger partial charge in [-0.3, -0.25) is 4.79 Å². The summed E-state index contributed by atoms with van der Waals surface area (Å²) in [7, 11) is -3.41. The minimum Gasteiger partial charge on any atom is -0.348 e. The molecule has 1 heterocycles. The second-order valence-electron chi connectivity index (χ2n) is 7.52. The highest BCUT2D eigenvalue weighted by Gasteiger charge is 2.26. The molecule has 0 spiro atoms. The Bertz CT molecular complexity index is 1150. The molecule has 4 rings (SSSR count). The first-order chi connectivity index (χ1) is 14.9. The van der Waals surface area contributed by atoms with E-state index in [4.69, 9.17) is 11.6 Å². The lowest BCUT2D eigenvalue weighted by Gasteiger charge is -2.15. The van der Waals surface area contributed by atoms with Crippen molar-refractivity contribution in [2.24, 2.45) is 0 Å². The average Bonchev–Trinajstić information content (AvgIpc) is 3.35. The van der Waals surface area contributed by atoms with Gasteiger partial charge in [-0.25, -0.2) is 8.42 Å². The zero-order valence-corrected chi connectivity index (χ0v) is 18.5. The Morgan fingerprint density at radius 1 is 0.839 bits per heavy atom. The zero-order valence-electron chi connectivity index (χ0n) is 16.9. The Morgan fingerprint density at radius 3 is 1.97 bits per heavy atom. The molecule has 1 saturated heterocycles. The van der Waals surface area contributed by atoms with Crippen LogP contribution in [0.1, 0.15) is 28.8 Å². The van der Waals surface area contributed by atoms with E-state index in [0.29, 0.717) is 35.1 Å². The Labute approximate surface area is 187 Å². The van der Waals surface area contributed by atoms with E-state index >= 15 is 0 Å². The van der Waals surface area contributed by atoms with Gasteiger partial charge in [0.05, 0.1) is 4.90 Å². The molecule has 0 bridgehead atoms. The van der Waals surface area contributed by atoms with Crippen LogP contribution < -0.4 is 5.32 Å². The molecule has 7 heteroatoms. The molecule has 31 heavy (non-hydrogen) atoms. The van der Waals surface area contributed by atoms with Crippen LogP contribution in [0.3, 0.4) is 0 Å². The smallest absolute Gasteiger partial charge is 0.251 e. The first-order valence-electron chi connectivity index (χ1n) is 10.2. The van der Waals surface area contributed by atoms with Crippen molar-refractivity contribution < 1.29 is 13.2 Å². The predicted molar refractivity (Wildman–Crippen MR) is 122 cm³/mol. The molecule has 0 aromatic heterocycles. The first kappa shape index (κ1) is 21.6. The van der Waals surface area contributed by atoms with Crippen molar-refractivity contribution in [3.63, 3.8) is 0 Å². The van der Waals surface area contributed by atoms with Crippen LogP contribution in [0.5, 0.6) is 0 Å². The summed E-state index contributed by atoms with van der Waals surface area (Å²) >= 11 is 5.88. The number of rotatable bonds is 6. The minimum absolute atomic E-state index is 0.159. The second kappa shape index (κ2) is 9.22. The van der Waals surface area contributed by atoms with Gasteiger partial charge in [0.25, 0.3) is 5.91 Å². The van der Waals surface area contributed by atoms with Gasteiger partial charge in [-0.05, 0) is 65.9 Å². The maximum absolute atomic E-state index is 12.7. The number of halogens is 1. The van der Waals surface area contributed by atoms with Crippen molar-refractivity contribution in [1.29, 1.82) is 0 Å². The quantitative estimate of drug-likeness (QED) is 0.586. The van der Waals surface area contributed by atoms with Crippen LogP contribution in [-0.2, 0) is 16.6 Å². The fraction of sp³-hybridized carbons (Fsp3) is 0.208. The van der Waals surface area contributed by atoms with E-state index in [1.165, 1.54) is 0 Å². The maximum atomic E-state index is 12.7. The molecule has 3 aromatic rings. The number of carbonyl (C=O) groups is 1. The van der Waals surface area contributed by atoms with Gasteiger partial charge in [-0.15, -0.1) is 0 Å². The van der Waals surface area contributed by atoms with Crippen molar-refractivity contribution in [3.8, 4) is 11.1 Å². The van der Waals surface area contributed by atoms with Gasteiger partial charge in [0, 0.05) is 30.2 Å². The molecule has 3 aromatic carbocycles. The van der Waals surface area contributed by atoms with Crippen LogP contribution in [0.15, 0.2) is 77.7 Å². The normalized spacial score (nSPS) is 14.5. The molecule has 0 aliphatic carbocycles. The standard InChI is InChI=1S/C24H23ClN2O3S/c25-22-11-3-18(4-12-22)17-26-24(28)21-7-5-19(6-8-21)20-9-13-23(14-10-20)31(29,30)27-15-1-2-16-27/h3-14H,1-2,15-17H2,(H,26,28). The Morgan fingerprint density at radius 2 is 1.39 bits per heavy atom. The summed E-state index contributed by atoms with van der Waals surface area (Å²) in [6.45, 7) is 1.60. The van der Waals surface area contributed by atoms with Crippen molar-refractivity contribution in [1.82, 2.24) is 9.62 Å². The largest absolute Gasteiger partial charge is 0.348 e. The van der Waals surface area contributed by atoms with Crippen LogP contribution in [0, 0.1) is 0 Å². The Balaban J connectivity index is 1.41. The van der Waals surface area contributed by atoms with E-state index < -0.39 is 10.0 Å². The number of hydrogen-bond donors (Lipinski definition) is 1. The molecule has 1 aliphatic heterocycles. The summed E-state index contributed by atoms with van der Waals surface area (Å²) in [6, 6.07) is 21.5. The highest BCUT2D eigenvalue weighted by atomic mass is 35.5. The average molecular weight is 455 g/mol. The lowest BCUT2D eigenvalue weighted by molar-refractivity contribution is 0.0951. The van der Waals surface area contributed by atoms with Crippen molar-refractivity contribution in [2.45, 2.75) is 24.3 Å². The van der Waals surface area contributed by atoms with Gasteiger partial charge < -0.3 is 5.32 Å². The number of nitrogens with one attached hydrogen (secondary N) is 1. The molecule has 5 nitrogen and oxygen atoms in total. The fourth-order valence-electron chi connectivity index (χ4n) is 3.60. The fourth-order valence-corrected chi connectivity index (χ4v) is 5.24. The maximum Gasteiger partial charge on any atom is 0.251 e. The van der Waals surface area contributed by atoms with Crippen molar-refractivity contribution in [2.75, 3.05) is 13.1 Å². The SMILES string of the molecule is O=C(NCc1ccc(Cl)cc1)c1ccc(-c2ccc(S(=O)(=O)N3CCCC3)cc2)cc1. The van der Waals surface area contributed by atoms with E-state index in [-0.39, 0.29) is 5.91 Å². The predicted octanol–water partition coefficient (Wildman–Crippen LogP) is 4.72. The molecule has 1 amide bonds. The number of amides is 1. The van der Waals surface area contributed by atoms with Gasteiger partial charge in [0.15, 0.2) is 0 Å². The van der Waals surface area contributed by atoms with Crippen LogP contribution in [0.25, 0.3) is 11.1 Å². The third kappa shape index (κ3) is 4.98. The van der Waals surface area contributed by atoms with Gasteiger partial charge in [-0.2, -0.15) is 4.31 Å². The topological polar surface area (TPSA) is 66.5 Å². The van der Waals surface area contributed by atoms with Crippen LogP contribution in [0.4, 0.5) is 0 Å². The van der Waals surface area contributed by atoms with Crippen molar-refractivity contribution >= 4 is 27.5 Å². The molecule has 1 N–H and O–H groups in total. The Kier molecular flexibility index (Phi) is 6.41. The van der Waals surface area contributed by atoms with E-state index in [1.807, 2.05) is 24.3 Å². The molecule has 1 aliphatic rings. The number of hydrogen-bond acceptors (Lipinski definition) is 3. The second-order valence-corrected chi connectivity index (χ2v) is 9.90. The van der Waals surface area contributed by atoms with E-state index in [2.05, 4.69) is 5.32 Å². The number of benzene rings is 3. The Hall–Kier alpha value is -2.67. The zero-order chi connectivity index (χ0) is 21.8. The third-order valence-electron chi connectivity index (χ3n) is 5.40. The molecule has 0 saturated carbocycles. The molecule has 0 unspecified atom stereocenters. The summed E-state index contributed by atoms with van der Waals surface area (Å²) in [6.07, 6.45) is 1.83. The summed E-state index contributed by atoms with van der Waals surface area (Å²) in [5.41, 5.74) is 3.34. The van der Waals surface area contributed by atoms with Crippen LogP contribution >= 0.6 is 11.6 Å². The van der Waals surface area contributed by atoms with Crippen LogP contribution in [0.2, 0.25) is 5.02 Å². The first-order valence-corrected chi connectivity index (χ1v) is 12.0. The van der Waals surface area contributed by atoms with Crippen LogP contribution in [-0.4, -0.2) is 31.7 Å². The summed E-state index contributed by atoms with van der Waals surface area (Å²) < 4.78 is 26.9. The van der Waals surface area contributed by atoms with Gasteiger partial charge in [0.2, 0.25) is 10.0 Å². The van der Waals surface area contributed by atoms with Gasteiger partial charge in [-0.1, -0.05) is 48.0 Å². The lowest BCUT2D eigenvalue weighted by Crippen LogP contribution is -2.27. The molecule has 0 atom stereocenters. The molecule has 160 valence electrons. The number of carbonyl (C=O) groups excluding carboxylic acids is 1. The monoisotopic (exact) mass is 454 g/mol. The number of sulfonamides is 1. The third-order valence-corrected chi connectivity index (χ3v) is 7.57. The highest BCUT2D eigenvalue weighted by Crippen LogP contribution is 2.25. The highest BCUT2D eigenvalue weighted by molar-refractivity contribution is 7.89.